The lowest BCUT2D eigenvalue weighted by molar-refractivity contribution is -0.133. The van der Waals surface area contributed by atoms with Crippen molar-refractivity contribution in [3.8, 4) is 0 Å². The van der Waals surface area contributed by atoms with Crippen LogP contribution in [0.15, 0.2) is 59.3 Å². The maximum atomic E-state index is 12.2. The molecule has 31 heavy (non-hydrogen) atoms. The van der Waals surface area contributed by atoms with Crippen LogP contribution in [-0.2, 0) is 25.7 Å². The first-order valence-corrected chi connectivity index (χ1v) is 11.1. The first-order valence-electron chi connectivity index (χ1n) is 9.88. The molecule has 0 atom stereocenters. The van der Waals surface area contributed by atoms with Crippen molar-refractivity contribution in [2.24, 2.45) is 11.1 Å². The lowest BCUT2D eigenvalue weighted by Crippen LogP contribution is -2.05. The zero-order valence-corrected chi connectivity index (χ0v) is 18.8. The summed E-state index contributed by atoms with van der Waals surface area (Å²) in [6, 6.07) is 13.7. The summed E-state index contributed by atoms with van der Waals surface area (Å²) < 4.78 is 11.1. The molecule has 1 aliphatic rings. The van der Waals surface area contributed by atoms with Crippen molar-refractivity contribution in [2.45, 2.75) is 19.4 Å². The molecule has 5 nitrogen and oxygen atoms in total. The molecule has 0 spiro atoms. The number of benzene rings is 2. The van der Waals surface area contributed by atoms with Gasteiger partial charge in [0.15, 0.2) is 0 Å². The number of carbonyl (C=O) groups is 1. The molecule has 0 unspecified atom stereocenters. The minimum Gasteiger partial charge on any atom is -0.503 e. The zero-order chi connectivity index (χ0) is 21.8. The maximum Gasteiger partial charge on any atom is 0.341 e. The van der Waals surface area contributed by atoms with Crippen LogP contribution in [0.1, 0.15) is 29.5 Å². The molecule has 4 rings (SSSR count). The highest BCUT2D eigenvalue weighted by Crippen LogP contribution is 2.34. The van der Waals surface area contributed by atoms with Gasteiger partial charge in [0, 0.05) is 32.0 Å². The van der Waals surface area contributed by atoms with E-state index in [2.05, 4.69) is 5.16 Å². The van der Waals surface area contributed by atoms with Gasteiger partial charge in [0.25, 0.3) is 0 Å². The van der Waals surface area contributed by atoms with Gasteiger partial charge in [-0.3, -0.25) is 0 Å². The van der Waals surface area contributed by atoms with Gasteiger partial charge < -0.3 is 14.3 Å². The molecule has 0 bridgehead atoms. The molecule has 0 N–H and O–H groups in total. The van der Waals surface area contributed by atoms with Crippen molar-refractivity contribution in [2.75, 3.05) is 14.2 Å². The lowest BCUT2D eigenvalue weighted by Gasteiger charge is -2.08. The zero-order valence-electron chi connectivity index (χ0n) is 17.3. The molecule has 2 aromatic carbocycles. The summed E-state index contributed by atoms with van der Waals surface area (Å²) in [7, 11) is 2.86. The van der Waals surface area contributed by atoms with Crippen molar-refractivity contribution < 1.29 is 19.1 Å². The van der Waals surface area contributed by atoms with Crippen LogP contribution in [0.2, 0.25) is 5.02 Å². The highest BCUT2D eigenvalue weighted by atomic mass is 35.5. The molecule has 0 saturated heterocycles. The molecule has 0 aliphatic heterocycles. The summed E-state index contributed by atoms with van der Waals surface area (Å²) in [4.78, 5) is 17.9. The predicted octanol–water partition coefficient (Wildman–Crippen LogP) is 6.05. The van der Waals surface area contributed by atoms with Crippen LogP contribution in [0.25, 0.3) is 15.7 Å². The summed E-state index contributed by atoms with van der Waals surface area (Å²) in [5.74, 6) is -0.00114. The summed E-state index contributed by atoms with van der Waals surface area (Å²) in [5.41, 5.74) is 4.12. The number of carbonyl (C=O) groups excluding carboxylic acids is 1. The van der Waals surface area contributed by atoms with Gasteiger partial charge in [-0.2, -0.15) is 0 Å². The first-order chi connectivity index (χ1) is 15.1. The van der Waals surface area contributed by atoms with Crippen LogP contribution in [0.3, 0.4) is 0 Å². The summed E-state index contributed by atoms with van der Waals surface area (Å²) in [6.07, 6.45) is 3.66. The van der Waals surface area contributed by atoms with Gasteiger partial charge in [-0.15, -0.1) is 11.3 Å². The highest BCUT2D eigenvalue weighted by molar-refractivity contribution is 7.17. The van der Waals surface area contributed by atoms with Crippen molar-refractivity contribution in [3.05, 3.63) is 75.8 Å². The van der Waals surface area contributed by atoms with E-state index < -0.39 is 5.97 Å². The molecule has 1 saturated carbocycles. The van der Waals surface area contributed by atoms with E-state index in [1.165, 1.54) is 20.5 Å². The van der Waals surface area contributed by atoms with Crippen LogP contribution >= 0.6 is 22.9 Å². The van der Waals surface area contributed by atoms with E-state index in [0.29, 0.717) is 23.1 Å². The Labute approximate surface area is 189 Å². The van der Waals surface area contributed by atoms with Crippen LogP contribution in [0.4, 0.5) is 0 Å². The third-order valence-corrected chi connectivity index (χ3v) is 6.28. The lowest BCUT2D eigenvalue weighted by atomic mass is 10.0. The van der Waals surface area contributed by atoms with Crippen LogP contribution in [0.5, 0.6) is 0 Å². The number of ether oxygens (including phenoxy) is 2. The summed E-state index contributed by atoms with van der Waals surface area (Å²) in [5, 5.41) is 8.03. The second-order valence-electron chi connectivity index (χ2n) is 7.27. The number of methoxy groups -OCH3 is 2. The second-order valence-corrected chi connectivity index (χ2v) is 8.62. The molecule has 7 heteroatoms. The van der Waals surface area contributed by atoms with Crippen LogP contribution < -0.4 is 0 Å². The van der Waals surface area contributed by atoms with E-state index >= 15 is 0 Å². The van der Waals surface area contributed by atoms with Gasteiger partial charge in [0.1, 0.15) is 12.2 Å². The Kier molecular flexibility index (Phi) is 6.59. The Morgan fingerprint density at radius 1 is 1.19 bits per heavy atom. The minimum absolute atomic E-state index is 0.330. The van der Waals surface area contributed by atoms with Crippen molar-refractivity contribution in [3.63, 3.8) is 0 Å². The number of hydrogen-bond donors (Lipinski definition) is 0. The van der Waals surface area contributed by atoms with Gasteiger partial charge >= 0.3 is 5.97 Å². The third kappa shape index (κ3) is 4.92. The number of hydrogen-bond acceptors (Lipinski definition) is 6. The standard InChI is InChI=1S/C24H22ClNO4S/c1-28-13-20(24(27)29-2)21-14-31-22-10-3-15(11-19(21)22)12-30-26-23(16-4-5-16)17-6-8-18(25)9-7-17/h3,6-11,13-14,16H,4-5,12H2,1-2H3. The number of thiophene rings is 1. The SMILES string of the molecule is COC=C(C(=O)OC)c1csc2ccc(CON=C(c3ccc(Cl)cc3)C3CC3)cc12. The Morgan fingerprint density at radius 3 is 2.65 bits per heavy atom. The number of nitrogens with zero attached hydrogens (tertiary/aromatic N) is 1. The molecular weight excluding hydrogens is 434 g/mol. The monoisotopic (exact) mass is 455 g/mol. The Bertz CT molecular complexity index is 1150. The van der Waals surface area contributed by atoms with Crippen molar-refractivity contribution in [1.82, 2.24) is 0 Å². The Morgan fingerprint density at radius 2 is 1.97 bits per heavy atom. The van der Waals surface area contributed by atoms with Crippen molar-refractivity contribution in [1.29, 1.82) is 0 Å². The van der Waals surface area contributed by atoms with E-state index in [-0.39, 0.29) is 0 Å². The maximum absolute atomic E-state index is 12.2. The third-order valence-electron chi connectivity index (χ3n) is 5.07. The largest absolute Gasteiger partial charge is 0.503 e. The van der Waals surface area contributed by atoms with E-state index in [1.54, 1.807) is 11.3 Å². The normalized spacial score (nSPS) is 14.5. The van der Waals surface area contributed by atoms with Crippen LogP contribution in [0, 0.1) is 5.92 Å². The molecule has 3 aromatic rings. The topological polar surface area (TPSA) is 57.1 Å². The fourth-order valence-corrected chi connectivity index (χ4v) is 4.41. The molecule has 0 radical (unpaired) electrons. The van der Waals surface area contributed by atoms with E-state index in [1.807, 2.05) is 47.8 Å². The van der Waals surface area contributed by atoms with Crippen LogP contribution in [-0.4, -0.2) is 25.9 Å². The first kappa shape index (κ1) is 21.4. The smallest absolute Gasteiger partial charge is 0.341 e. The molecule has 160 valence electrons. The minimum atomic E-state index is -0.440. The molecule has 1 aliphatic carbocycles. The molecule has 1 fully saturated rings. The van der Waals surface area contributed by atoms with Gasteiger partial charge in [-0.25, -0.2) is 4.79 Å². The number of fused-ring (bicyclic) bond motifs is 1. The molecule has 0 amide bonds. The average molecular weight is 456 g/mol. The number of oxime groups is 1. The summed E-state index contributed by atoms with van der Waals surface area (Å²) in [6.45, 7) is 0.330. The van der Waals surface area contributed by atoms with E-state index in [4.69, 9.17) is 25.9 Å². The van der Waals surface area contributed by atoms with Crippen molar-refractivity contribution >= 4 is 50.3 Å². The van der Waals surface area contributed by atoms with E-state index in [9.17, 15) is 4.79 Å². The molecule has 1 heterocycles. The Hall–Kier alpha value is -2.83. The van der Waals surface area contributed by atoms with Gasteiger partial charge in [-0.05, 0) is 48.2 Å². The number of halogens is 1. The predicted molar refractivity (Wildman–Crippen MR) is 124 cm³/mol. The second kappa shape index (κ2) is 9.54. The average Bonchev–Trinajstić information content (AvgIpc) is 3.54. The van der Waals surface area contributed by atoms with E-state index in [0.717, 1.165) is 45.3 Å². The van der Waals surface area contributed by atoms with Gasteiger partial charge in [0.05, 0.1) is 26.2 Å². The van der Waals surface area contributed by atoms with Gasteiger partial charge in [0.2, 0.25) is 0 Å². The van der Waals surface area contributed by atoms with Gasteiger partial charge in [-0.1, -0.05) is 35.0 Å². The fourth-order valence-electron chi connectivity index (χ4n) is 3.34. The fraction of sp³-hybridized carbons (Fsp3) is 0.250. The quantitative estimate of drug-likeness (QED) is 0.136. The summed E-state index contributed by atoms with van der Waals surface area (Å²) >= 11 is 7.57. The Balaban J connectivity index is 1.56. The molecule has 1 aromatic heterocycles. The number of esters is 1. The number of rotatable bonds is 8. The molecular formula is C24H22ClNO4S. The highest BCUT2D eigenvalue weighted by Gasteiger charge is 2.29.